The Morgan fingerprint density at radius 3 is 3.00 bits per heavy atom. The second-order valence-corrected chi connectivity index (χ2v) is 5.82. The van der Waals surface area contributed by atoms with Crippen molar-refractivity contribution in [3.8, 4) is 0 Å². The van der Waals surface area contributed by atoms with Crippen LogP contribution in [0.1, 0.15) is 42.5 Å². The minimum absolute atomic E-state index is 0.145. The summed E-state index contributed by atoms with van der Waals surface area (Å²) < 4.78 is 16.5. The molecule has 140 valence electrons. The van der Waals surface area contributed by atoms with Crippen LogP contribution in [0.4, 0.5) is 0 Å². The molecule has 2 heterocycles. The van der Waals surface area contributed by atoms with E-state index in [-0.39, 0.29) is 11.9 Å². The smallest absolute Gasteiger partial charge is 0.284 e. The van der Waals surface area contributed by atoms with Crippen molar-refractivity contribution in [2.24, 2.45) is 10.7 Å². The molecule has 0 saturated carbocycles. The summed E-state index contributed by atoms with van der Waals surface area (Å²) in [5.41, 5.74) is 5.16. The van der Waals surface area contributed by atoms with Crippen molar-refractivity contribution < 1.29 is 18.7 Å². The first-order chi connectivity index (χ1) is 12.2. The average molecular weight is 352 g/mol. The maximum atomic E-state index is 11.0. The van der Waals surface area contributed by atoms with E-state index in [1.165, 1.54) is 0 Å². The zero-order chi connectivity index (χ0) is 17.9. The predicted octanol–water partition coefficient (Wildman–Crippen LogP) is 1.02. The van der Waals surface area contributed by atoms with Crippen molar-refractivity contribution in [3.63, 3.8) is 0 Å². The monoisotopic (exact) mass is 352 g/mol. The van der Waals surface area contributed by atoms with Crippen molar-refractivity contribution in [2.45, 2.75) is 38.8 Å². The van der Waals surface area contributed by atoms with Crippen LogP contribution in [0.3, 0.4) is 0 Å². The number of carbonyl (C=O) groups is 1. The number of nitrogens with one attached hydrogen (secondary N) is 2. The fraction of sp³-hybridized carbons (Fsp3) is 0.647. The molecular formula is C17H28N4O4. The molecule has 8 nitrogen and oxygen atoms in total. The molecule has 4 N–H and O–H groups in total. The number of nitrogens with two attached hydrogens (primary N) is 1. The quantitative estimate of drug-likeness (QED) is 0.329. The van der Waals surface area contributed by atoms with Gasteiger partial charge in [-0.05, 0) is 38.3 Å². The molecule has 1 aliphatic rings. The number of nitrogens with zero attached hydrogens (tertiary/aromatic N) is 1. The standard InChI is InChI=1S/C17H28N4O4/c1-2-19-17(21-11-13-6-7-15(25-13)16(18)22)20-8-4-9-23-12-14-5-3-10-24-14/h6-7,14H,2-5,8-12H2,1H3,(H2,18,22)(H2,19,20,21). The van der Waals surface area contributed by atoms with E-state index in [1.807, 2.05) is 6.92 Å². The molecule has 0 spiro atoms. The van der Waals surface area contributed by atoms with Crippen LogP contribution in [0.2, 0.25) is 0 Å². The van der Waals surface area contributed by atoms with E-state index >= 15 is 0 Å². The second kappa shape index (κ2) is 10.7. The van der Waals surface area contributed by atoms with Crippen LogP contribution >= 0.6 is 0 Å². The average Bonchev–Trinajstić information content (AvgIpc) is 3.27. The van der Waals surface area contributed by atoms with Gasteiger partial charge in [0.1, 0.15) is 12.3 Å². The lowest BCUT2D eigenvalue weighted by Crippen LogP contribution is -2.38. The van der Waals surface area contributed by atoms with Gasteiger partial charge in [-0.15, -0.1) is 0 Å². The third-order valence-corrected chi connectivity index (χ3v) is 3.73. The van der Waals surface area contributed by atoms with Gasteiger partial charge >= 0.3 is 0 Å². The molecule has 0 radical (unpaired) electrons. The first-order valence-electron chi connectivity index (χ1n) is 8.79. The fourth-order valence-electron chi connectivity index (χ4n) is 2.47. The summed E-state index contributed by atoms with van der Waals surface area (Å²) >= 11 is 0. The Morgan fingerprint density at radius 2 is 2.32 bits per heavy atom. The van der Waals surface area contributed by atoms with E-state index in [1.54, 1.807) is 12.1 Å². The van der Waals surface area contributed by atoms with Gasteiger partial charge in [0.25, 0.3) is 5.91 Å². The van der Waals surface area contributed by atoms with Gasteiger partial charge < -0.3 is 30.3 Å². The number of hydrogen-bond donors (Lipinski definition) is 3. The number of primary amides is 1. The van der Waals surface area contributed by atoms with Crippen LogP contribution in [0.15, 0.2) is 21.5 Å². The van der Waals surface area contributed by atoms with Crippen molar-refractivity contribution in [3.05, 3.63) is 23.7 Å². The normalized spacial score (nSPS) is 17.6. The first-order valence-corrected chi connectivity index (χ1v) is 8.79. The van der Waals surface area contributed by atoms with Crippen LogP contribution < -0.4 is 16.4 Å². The van der Waals surface area contributed by atoms with Gasteiger partial charge in [0, 0.05) is 26.3 Å². The third-order valence-electron chi connectivity index (χ3n) is 3.73. The summed E-state index contributed by atoms with van der Waals surface area (Å²) in [6.07, 6.45) is 3.38. The number of amides is 1. The molecule has 8 heteroatoms. The molecule has 0 bridgehead atoms. The molecule has 1 atom stereocenters. The highest BCUT2D eigenvalue weighted by molar-refractivity contribution is 5.89. The van der Waals surface area contributed by atoms with Gasteiger partial charge in [-0.1, -0.05) is 0 Å². The van der Waals surface area contributed by atoms with Gasteiger partial charge in [-0.2, -0.15) is 0 Å². The van der Waals surface area contributed by atoms with E-state index in [4.69, 9.17) is 19.6 Å². The van der Waals surface area contributed by atoms with Gasteiger partial charge in [0.05, 0.1) is 12.7 Å². The number of hydrogen-bond acceptors (Lipinski definition) is 5. The van der Waals surface area contributed by atoms with Gasteiger partial charge in [0.15, 0.2) is 11.7 Å². The van der Waals surface area contributed by atoms with E-state index in [9.17, 15) is 4.79 Å². The summed E-state index contributed by atoms with van der Waals surface area (Å²) in [5.74, 6) is 0.847. The molecular weight excluding hydrogens is 324 g/mol. The molecule has 1 amide bonds. The summed E-state index contributed by atoms with van der Waals surface area (Å²) in [4.78, 5) is 15.4. The summed E-state index contributed by atoms with van der Waals surface area (Å²) in [5, 5.41) is 6.41. The molecule has 1 unspecified atom stereocenters. The maximum Gasteiger partial charge on any atom is 0.284 e. The van der Waals surface area contributed by atoms with Crippen LogP contribution in [0, 0.1) is 0 Å². The molecule has 1 fully saturated rings. The summed E-state index contributed by atoms with van der Waals surface area (Å²) in [6.45, 7) is 6.06. The lowest BCUT2D eigenvalue weighted by atomic mass is 10.2. The second-order valence-electron chi connectivity index (χ2n) is 5.82. The Kier molecular flexibility index (Phi) is 8.27. The number of carbonyl (C=O) groups excluding carboxylic acids is 1. The highest BCUT2D eigenvalue weighted by atomic mass is 16.5. The number of guanidine groups is 1. The van der Waals surface area contributed by atoms with Crippen LogP contribution in [-0.2, 0) is 16.0 Å². The van der Waals surface area contributed by atoms with Gasteiger partial charge in [-0.25, -0.2) is 4.99 Å². The molecule has 1 aliphatic heterocycles. The molecule has 2 rings (SSSR count). The molecule has 1 aromatic rings. The molecule has 25 heavy (non-hydrogen) atoms. The van der Waals surface area contributed by atoms with E-state index in [2.05, 4.69) is 15.6 Å². The number of furan rings is 1. The number of ether oxygens (including phenoxy) is 2. The Morgan fingerprint density at radius 1 is 1.44 bits per heavy atom. The zero-order valence-corrected chi connectivity index (χ0v) is 14.8. The van der Waals surface area contributed by atoms with Gasteiger partial charge in [0.2, 0.25) is 0 Å². The minimum atomic E-state index is -0.580. The fourth-order valence-corrected chi connectivity index (χ4v) is 2.47. The molecule has 1 aromatic heterocycles. The minimum Gasteiger partial charge on any atom is -0.454 e. The predicted molar refractivity (Wildman–Crippen MR) is 94.5 cm³/mol. The molecule has 0 aliphatic carbocycles. The molecule has 0 aromatic carbocycles. The largest absolute Gasteiger partial charge is 0.454 e. The zero-order valence-electron chi connectivity index (χ0n) is 14.8. The van der Waals surface area contributed by atoms with Gasteiger partial charge in [-0.3, -0.25) is 4.79 Å². The Labute approximate surface area is 148 Å². The Balaban J connectivity index is 1.65. The van der Waals surface area contributed by atoms with Crippen molar-refractivity contribution in [2.75, 3.05) is 32.9 Å². The molecule has 1 saturated heterocycles. The highest BCUT2D eigenvalue weighted by Crippen LogP contribution is 2.11. The first kappa shape index (κ1) is 19.3. The van der Waals surface area contributed by atoms with E-state index in [0.29, 0.717) is 31.5 Å². The Bertz CT molecular complexity index is 553. The van der Waals surface area contributed by atoms with E-state index in [0.717, 1.165) is 39.0 Å². The summed E-state index contributed by atoms with van der Waals surface area (Å²) in [7, 11) is 0. The maximum absolute atomic E-state index is 11.0. The van der Waals surface area contributed by atoms with Crippen molar-refractivity contribution in [1.82, 2.24) is 10.6 Å². The summed E-state index contributed by atoms with van der Waals surface area (Å²) in [6, 6.07) is 3.25. The number of rotatable bonds is 10. The number of aliphatic imine (C=N–C) groups is 1. The van der Waals surface area contributed by atoms with E-state index < -0.39 is 5.91 Å². The topological polar surface area (TPSA) is 111 Å². The van der Waals surface area contributed by atoms with Crippen LogP contribution in [0.5, 0.6) is 0 Å². The van der Waals surface area contributed by atoms with Crippen molar-refractivity contribution in [1.29, 1.82) is 0 Å². The van der Waals surface area contributed by atoms with Crippen LogP contribution in [0.25, 0.3) is 0 Å². The third kappa shape index (κ3) is 7.15. The lowest BCUT2D eigenvalue weighted by molar-refractivity contribution is 0.0168. The Hall–Kier alpha value is -2.06. The van der Waals surface area contributed by atoms with Crippen LogP contribution in [-0.4, -0.2) is 50.9 Å². The highest BCUT2D eigenvalue weighted by Gasteiger charge is 2.14. The van der Waals surface area contributed by atoms with Crippen molar-refractivity contribution >= 4 is 11.9 Å². The SMILES string of the molecule is CCNC(=NCc1ccc(C(N)=O)o1)NCCCOCC1CCCO1. The lowest BCUT2D eigenvalue weighted by Gasteiger charge is -2.12.